The van der Waals surface area contributed by atoms with E-state index in [4.69, 9.17) is 0 Å². The van der Waals surface area contributed by atoms with Crippen LogP contribution >= 0.6 is 0 Å². The molecule has 16 heavy (non-hydrogen) atoms. The summed E-state index contributed by atoms with van der Waals surface area (Å²) >= 11 is 0. The second-order valence-electron chi connectivity index (χ2n) is 5.14. The number of hydrogen-bond acceptors (Lipinski definition) is 2. The number of nitrogens with one attached hydrogen (secondary N) is 2. The number of rotatable bonds is 3. The summed E-state index contributed by atoms with van der Waals surface area (Å²) in [5, 5.41) is 7.23. The predicted molar refractivity (Wildman–Crippen MR) is 66.7 cm³/mol. The van der Waals surface area contributed by atoms with Gasteiger partial charge >= 0.3 is 0 Å². The van der Waals surface area contributed by atoms with Crippen LogP contribution in [0.3, 0.4) is 0 Å². The molecule has 2 N–H and O–H groups in total. The Morgan fingerprint density at radius 1 is 1.38 bits per heavy atom. The van der Waals surface area contributed by atoms with E-state index in [9.17, 15) is 0 Å². The van der Waals surface area contributed by atoms with Crippen molar-refractivity contribution in [2.75, 3.05) is 13.1 Å². The molecule has 0 aromatic heterocycles. The van der Waals surface area contributed by atoms with Gasteiger partial charge in [0.05, 0.1) is 0 Å². The fourth-order valence-corrected chi connectivity index (χ4v) is 2.54. The molecular formula is C14H20N2. The molecule has 3 rings (SSSR count). The highest BCUT2D eigenvalue weighted by Crippen LogP contribution is 2.25. The predicted octanol–water partition coefficient (Wildman–Crippen LogP) is 1.93. The molecule has 0 amide bonds. The Bertz CT molecular complexity index is 382. The Labute approximate surface area is 97.4 Å². The van der Waals surface area contributed by atoms with Crippen molar-refractivity contribution < 1.29 is 0 Å². The molecule has 0 spiro atoms. The van der Waals surface area contributed by atoms with Gasteiger partial charge in [0.25, 0.3) is 0 Å². The zero-order valence-electron chi connectivity index (χ0n) is 9.92. The third-order valence-corrected chi connectivity index (χ3v) is 3.65. The number of aryl methyl sites for hydroxylation is 1. The van der Waals surface area contributed by atoms with Gasteiger partial charge in [-0.25, -0.2) is 0 Å². The largest absolute Gasteiger partial charge is 0.312 e. The van der Waals surface area contributed by atoms with Gasteiger partial charge in [-0.3, -0.25) is 0 Å². The summed E-state index contributed by atoms with van der Waals surface area (Å²) < 4.78 is 0. The molecule has 1 aliphatic carbocycles. The van der Waals surface area contributed by atoms with Gasteiger partial charge in [-0.05, 0) is 43.9 Å². The third kappa shape index (κ3) is 2.13. The van der Waals surface area contributed by atoms with Gasteiger partial charge in [0.1, 0.15) is 0 Å². The van der Waals surface area contributed by atoms with Crippen molar-refractivity contribution in [2.24, 2.45) is 0 Å². The second kappa shape index (κ2) is 4.19. The van der Waals surface area contributed by atoms with Crippen molar-refractivity contribution in [3.63, 3.8) is 0 Å². The Morgan fingerprint density at radius 2 is 2.25 bits per heavy atom. The van der Waals surface area contributed by atoms with Crippen LogP contribution < -0.4 is 10.6 Å². The fourth-order valence-electron chi connectivity index (χ4n) is 2.54. The van der Waals surface area contributed by atoms with E-state index < -0.39 is 0 Å². The van der Waals surface area contributed by atoms with E-state index >= 15 is 0 Å². The molecule has 2 heteroatoms. The van der Waals surface area contributed by atoms with Crippen molar-refractivity contribution in [3.8, 4) is 0 Å². The van der Waals surface area contributed by atoms with Crippen LogP contribution in [0.4, 0.5) is 0 Å². The van der Waals surface area contributed by atoms with Crippen LogP contribution in [0, 0.1) is 6.92 Å². The summed E-state index contributed by atoms with van der Waals surface area (Å²) in [6.07, 6.45) is 3.91. The van der Waals surface area contributed by atoms with Crippen molar-refractivity contribution in [1.29, 1.82) is 0 Å². The molecule has 1 heterocycles. The maximum Gasteiger partial charge on any atom is 0.0449 e. The smallest absolute Gasteiger partial charge is 0.0449 e. The van der Waals surface area contributed by atoms with Gasteiger partial charge in [0, 0.05) is 18.6 Å². The lowest BCUT2D eigenvalue weighted by Crippen LogP contribution is -2.37. The molecular weight excluding hydrogens is 196 g/mol. The van der Waals surface area contributed by atoms with Crippen molar-refractivity contribution in [1.82, 2.24) is 10.6 Å². The molecule has 2 nitrogen and oxygen atoms in total. The lowest BCUT2D eigenvalue weighted by molar-refractivity contribution is 0.467. The normalized spacial score (nSPS) is 24.2. The van der Waals surface area contributed by atoms with E-state index in [0.717, 1.165) is 19.1 Å². The lowest BCUT2D eigenvalue weighted by Gasteiger charge is -2.27. The molecule has 0 bridgehead atoms. The quantitative estimate of drug-likeness (QED) is 0.807. The summed E-state index contributed by atoms with van der Waals surface area (Å²) in [6.45, 7) is 4.38. The Morgan fingerprint density at radius 3 is 3.06 bits per heavy atom. The molecule has 1 unspecified atom stereocenters. The molecule has 1 saturated carbocycles. The first-order chi connectivity index (χ1) is 7.83. The van der Waals surface area contributed by atoms with Crippen LogP contribution in [0.15, 0.2) is 18.2 Å². The molecule has 1 aromatic rings. The van der Waals surface area contributed by atoms with E-state index in [1.807, 2.05) is 0 Å². The van der Waals surface area contributed by atoms with E-state index in [2.05, 4.69) is 35.8 Å². The molecule has 86 valence electrons. The van der Waals surface area contributed by atoms with Crippen molar-refractivity contribution >= 4 is 0 Å². The van der Waals surface area contributed by atoms with Crippen LogP contribution in [0.25, 0.3) is 0 Å². The zero-order chi connectivity index (χ0) is 11.0. The van der Waals surface area contributed by atoms with Gasteiger partial charge in [-0.2, -0.15) is 0 Å². The second-order valence-corrected chi connectivity index (χ2v) is 5.14. The Balaban J connectivity index is 1.76. The summed E-state index contributed by atoms with van der Waals surface area (Å²) in [7, 11) is 0. The lowest BCUT2D eigenvalue weighted by atomic mass is 9.93. The standard InChI is InChI=1S/C14H20N2/c1-10-2-5-13-11(8-10)6-7-15-14(13)9-16-12-3-4-12/h2,5,8,12,14-16H,3-4,6-7,9H2,1H3. The Hall–Kier alpha value is -0.860. The maximum atomic E-state index is 3.62. The summed E-state index contributed by atoms with van der Waals surface area (Å²) in [5.74, 6) is 0. The molecule has 1 fully saturated rings. The van der Waals surface area contributed by atoms with Crippen LogP contribution in [0.5, 0.6) is 0 Å². The van der Waals surface area contributed by atoms with Gasteiger partial charge in [-0.15, -0.1) is 0 Å². The molecule has 2 aliphatic rings. The molecule has 1 atom stereocenters. The maximum absolute atomic E-state index is 3.62. The molecule has 1 aromatic carbocycles. The number of fused-ring (bicyclic) bond motifs is 1. The average Bonchev–Trinajstić information content (AvgIpc) is 3.09. The molecule has 0 radical (unpaired) electrons. The van der Waals surface area contributed by atoms with Gasteiger partial charge in [0.15, 0.2) is 0 Å². The monoisotopic (exact) mass is 216 g/mol. The zero-order valence-corrected chi connectivity index (χ0v) is 9.92. The van der Waals surface area contributed by atoms with E-state index in [1.165, 1.54) is 30.4 Å². The summed E-state index contributed by atoms with van der Waals surface area (Å²) in [5.41, 5.74) is 4.43. The van der Waals surface area contributed by atoms with Gasteiger partial charge in [-0.1, -0.05) is 23.8 Å². The van der Waals surface area contributed by atoms with Crippen LogP contribution in [-0.2, 0) is 6.42 Å². The highest BCUT2D eigenvalue weighted by Gasteiger charge is 2.24. The minimum atomic E-state index is 0.518. The van der Waals surface area contributed by atoms with Crippen molar-refractivity contribution in [3.05, 3.63) is 34.9 Å². The Kier molecular flexibility index (Phi) is 2.70. The van der Waals surface area contributed by atoms with Gasteiger partial charge in [0.2, 0.25) is 0 Å². The number of benzene rings is 1. The highest BCUT2D eigenvalue weighted by atomic mass is 15.0. The first-order valence-corrected chi connectivity index (χ1v) is 6.39. The minimum Gasteiger partial charge on any atom is -0.312 e. The van der Waals surface area contributed by atoms with E-state index in [0.29, 0.717) is 6.04 Å². The molecule has 0 saturated heterocycles. The SMILES string of the molecule is Cc1ccc2c(c1)CCNC2CNC1CC1. The average molecular weight is 216 g/mol. The molecule has 1 aliphatic heterocycles. The van der Waals surface area contributed by atoms with Crippen molar-refractivity contribution in [2.45, 2.75) is 38.3 Å². The summed E-state index contributed by atoms with van der Waals surface area (Å²) in [6, 6.07) is 8.20. The van der Waals surface area contributed by atoms with E-state index in [1.54, 1.807) is 5.56 Å². The van der Waals surface area contributed by atoms with Crippen LogP contribution in [0.2, 0.25) is 0 Å². The third-order valence-electron chi connectivity index (χ3n) is 3.65. The first kappa shape index (κ1) is 10.3. The topological polar surface area (TPSA) is 24.1 Å². The van der Waals surface area contributed by atoms with Crippen LogP contribution in [-0.4, -0.2) is 19.1 Å². The highest BCUT2D eigenvalue weighted by molar-refractivity contribution is 5.36. The van der Waals surface area contributed by atoms with Gasteiger partial charge < -0.3 is 10.6 Å². The fraction of sp³-hybridized carbons (Fsp3) is 0.571. The van der Waals surface area contributed by atoms with Crippen LogP contribution in [0.1, 0.15) is 35.6 Å². The first-order valence-electron chi connectivity index (χ1n) is 6.39. The number of hydrogen-bond donors (Lipinski definition) is 2. The summed E-state index contributed by atoms with van der Waals surface area (Å²) in [4.78, 5) is 0. The minimum absolute atomic E-state index is 0.518. The van der Waals surface area contributed by atoms with E-state index in [-0.39, 0.29) is 0 Å².